The third-order valence-electron chi connectivity index (χ3n) is 3.99. The van der Waals surface area contributed by atoms with Crippen molar-refractivity contribution in [2.45, 2.75) is 24.7 Å². The van der Waals surface area contributed by atoms with E-state index in [1.807, 2.05) is 18.2 Å². The molecule has 1 aliphatic heterocycles. The van der Waals surface area contributed by atoms with Gasteiger partial charge in [0.25, 0.3) is 0 Å². The van der Waals surface area contributed by atoms with Crippen LogP contribution in [0.2, 0.25) is 0 Å². The highest BCUT2D eigenvalue weighted by atomic mass is 16.5. The van der Waals surface area contributed by atoms with Crippen molar-refractivity contribution in [2.24, 2.45) is 0 Å². The van der Waals surface area contributed by atoms with Gasteiger partial charge in [-0.05, 0) is 36.6 Å². The number of nitrogens with one attached hydrogen (secondary N) is 1. The fourth-order valence-corrected chi connectivity index (χ4v) is 2.45. The van der Waals surface area contributed by atoms with Gasteiger partial charge in [0.15, 0.2) is 0 Å². The van der Waals surface area contributed by atoms with Crippen molar-refractivity contribution in [1.82, 2.24) is 15.3 Å². The van der Waals surface area contributed by atoms with E-state index in [9.17, 15) is 0 Å². The van der Waals surface area contributed by atoms with Crippen molar-refractivity contribution in [1.29, 1.82) is 0 Å². The Kier molecular flexibility index (Phi) is 2.89. The quantitative estimate of drug-likeness (QED) is 0.925. The molecule has 1 N–H and O–H groups in total. The molecular weight excluding hydrogens is 250 g/mol. The van der Waals surface area contributed by atoms with Gasteiger partial charge in [-0.1, -0.05) is 12.1 Å². The molecule has 0 spiro atoms. The van der Waals surface area contributed by atoms with Crippen LogP contribution >= 0.6 is 0 Å². The molecule has 0 amide bonds. The summed E-state index contributed by atoms with van der Waals surface area (Å²) in [5.74, 6) is 2.07. The number of aromatic nitrogens is 2. The van der Waals surface area contributed by atoms with E-state index in [0.717, 1.165) is 24.5 Å². The summed E-state index contributed by atoms with van der Waals surface area (Å²) in [7, 11) is 0. The molecule has 0 unspecified atom stereocenters. The van der Waals surface area contributed by atoms with E-state index < -0.39 is 0 Å². The Morgan fingerprint density at radius 2 is 1.80 bits per heavy atom. The Labute approximate surface area is 118 Å². The second-order valence-electron chi connectivity index (χ2n) is 5.56. The third-order valence-corrected chi connectivity index (χ3v) is 3.99. The lowest BCUT2D eigenvalue weighted by Crippen LogP contribution is -2.39. The minimum atomic E-state index is 0.451. The predicted octanol–water partition coefficient (Wildman–Crippen LogP) is 2.83. The maximum atomic E-state index is 5.75. The van der Waals surface area contributed by atoms with Gasteiger partial charge in [-0.25, -0.2) is 4.98 Å². The molecule has 2 fully saturated rings. The summed E-state index contributed by atoms with van der Waals surface area (Å²) in [5, 5.41) is 3.29. The average Bonchev–Trinajstić information content (AvgIpc) is 3.24. The standard InChI is InChI=1S/C16H17N3O/c1-2-12(1)15-7-8-18-16(19-15)20-14-5-3-11(4-6-14)13-9-17-10-13/h3-8,12-13,17H,1-2,9-10H2. The third kappa shape index (κ3) is 2.39. The maximum Gasteiger partial charge on any atom is 0.322 e. The van der Waals surface area contributed by atoms with Crippen LogP contribution in [0.15, 0.2) is 36.5 Å². The lowest BCUT2D eigenvalue weighted by molar-refractivity contribution is 0.434. The molecule has 0 radical (unpaired) electrons. The highest BCUT2D eigenvalue weighted by molar-refractivity contribution is 5.32. The van der Waals surface area contributed by atoms with Crippen molar-refractivity contribution in [3.05, 3.63) is 47.8 Å². The fraction of sp³-hybridized carbons (Fsp3) is 0.375. The second-order valence-corrected chi connectivity index (χ2v) is 5.56. The number of rotatable bonds is 4. The van der Waals surface area contributed by atoms with Crippen molar-refractivity contribution in [3.63, 3.8) is 0 Å². The molecule has 1 saturated carbocycles. The van der Waals surface area contributed by atoms with Crippen LogP contribution in [0, 0.1) is 0 Å². The number of ether oxygens (including phenoxy) is 1. The zero-order chi connectivity index (χ0) is 13.4. The molecule has 1 aromatic carbocycles. The summed E-state index contributed by atoms with van der Waals surface area (Å²) >= 11 is 0. The topological polar surface area (TPSA) is 47.0 Å². The zero-order valence-corrected chi connectivity index (χ0v) is 11.2. The lowest BCUT2D eigenvalue weighted by atomic mass is 9.94. The van der Waals surface area contributed by atoms with E-state index in [4.69, 9.17) is 4.74 Å². The maximum absolute atomic E-state index is 5.75. The minimum absolute atomic E-state index is 0.451. The first kappa shape index (κ1) is 11.9. The van der Waals surface area contributed by atoms with Crippen LogP contribution in [0.3, 0.4) is 0 Å². The van der Waals surface area contributed by atoms with E-state index >= 15 is 0 Å². The first-order valence-corrected chi connectivity index (χ1v) is 7.20. The van der Waals surface area contributed by atoms with Crippen LogP contribution in [-0.2, 0) is 0 Å². The van der Waals surface area contributed by atoms with Gasteiger partial charge in [-0.15, -0.1) is 0 Å². The largest absolute Gasteiger partial charge is 0.424 e. The molecule has 0 atom stereocenters. The summed E-state index contributed by atoms with van der Waals surface area (Å²) in [6.45, 7) is 2.15. The number of benzene rings is 1. The van der Waals surface area contributed by atoms with Gasteiger partial charge in [0.1, 0.15) is 5.75 Å². The number of hydrogen-bond donors (Lipinski definition) is 1. The molecule has 102 valence electrons. The first-order chi connectivity index (χ1) is 9.88. The highest BCUT2D eigenvalue weighted by Gasteiger charge is 2.25. The van der Waals surface area contributed by atoms with Crippen molar-refractivity contribution < 1.29 is 4.74 Å². The van der Waals surface area contributed by atoms with Crippen molar-refractivity contribution >= 4 is 0 Å². The van der Waals surface area contributed by atoms with Gasteiger partial charge < -0.3 is 10.1 Å². The number of hydrogen-bond acceptors (Lipinski definition) is 4. The molecule has 4 nitrogen and oxygen atoms in total. The number of nitrogens with zero attached hydrogens (tertiary/aromatic N) is 2. The Hall–Kier alpha value is -1.94. The molecule has 2 aliphatic rings. The predicted molar refractivity (Wildman–Crippen MR) is 76.1 cm³/mol. The van der Waals surface area contributed by atoms with Gasteiger partial charge in [0.05, 0.1) is 5.69 Å². The molecule has 1 aliphatic carbocycles. The Morgan fingerprint density at radius 3 is 2.45 bits per heavy atom. The van der Waals surface area contributed by atoms with E-state index in [0.29, 0.717) is 17.8 Å². The van der Waals surface area contributed by atoms with E-state index in [1.165, 1.54) is 18.4 Å². The average molecular weight is 267 g/mol. The zero-order valence-electron chi connectivity index (χ0n) is 11.2. The smallest absolute Gasteiger partial charge is 0.322 e. The fourth-order valence-electron chi connectivity index (χ4n) is 2.45. The molecule has 2 aromatic rings. The molecule has 2 heterocycles. The van der Waals surface area contributed by atoms with Crippen LogP contribution < -0.4 is 10.1 Å². The second kappa shape index (κ2) is 4.87. The summed E-state index contributed by atoms with van der Waals surface area (Å²) in [4.78, 5) is 8.66. The Morgan fingerprint density at radius 1 is 1.00 bits per heavy atom. The van der Waals surface area contributed by atoms with Gasteiger partial charge >= 0.3 is 6.01 Å². The lowest BCUT2D eigenvalue weighted by Gasteiger charge is -2.27. The van der Waals surface area contributed by atoms with Crippen molar-refractivity contribution in [3.8, 4) is 11.8 Å². The molecule has 4 heteroatoms. The summed E-state index contributed by atoms with van der Waals surface area (Å²) in [6, 6.07) is 10.7. The van der Waals surface area contributed by atoms with Crippen molar-refractivity contribution in [2.75, 3.05) is 13.1 Å². The molecule has 4 rings (SSSR count). The minimum Gasteiger partial charge on any atom is -0.424 e. The van der Waals surface area contributed by atoms with Crippen LogP contribution in [0.5, 0.6) is 11.8 Å². The van der Waals surface area contributed by atoms with Gasteiger partial charge in [-0.2, -0.15) is 4.98 Å². The van der Waals surface area contributed by atoms with Gasteiger partial charge in [0, 0.05) is 31.1 Å². The molecule has 1 saturated heterocycles. The first-order valence-electron chi connectivity index (χ1n) is 7.20. The van der Waals surface area contributed by atoms with E-state index in [-0.39, 0.29) is 0 Å². The summed E-state index contributed by atoms with van der Waals surface area (Å²) in [6.07, 6.45) is 4.26. The SMILES string of the molecule is c1cc(C2CC2)nc(Oc2ccc(C3CNC3)cc2)n1. The monoisotopic (exact) mass is 267 g/mol. The Bertz CT molecular complexity index is 603. The van der Waals surface area contributed by atoms with Crippen LogP contribution in [0.4, 0.5) is 0 Å². The normalized spacial score (nSPS) is 18.6. The molecule has 20 heavy (non-hydrogen) atoms. The molecule has 0 bridgehead atoms. The van der Waals surface area contributed by atoms with E-state index in [2.05, 4.69) is 27.4 Å². The van der Waals surface area contributed by atoms with Crippen LogP contribution in [0.1, 0.15) is 35.9 Å². The van der Waals surface area contributed by atoms with Crippen LogP contribution in [0.25, 0.3) is 0 Å². The molecule has 1 aromatic heterocycles. The highest BCUT2D eigenvalue weighted by Crippen LogP contribution is 2.39. The van der Waals surface area contributed by atoms with E-state index in [1.54, 1.807) is 6.20 Å². The van der Waals surface area contributed by atoms with Crippen LogP contribution in [-0.4, -0.2) is 23.1 Å². The summed E-state index contributed by atoms with van der Waals surface area (Å²) in [5.41, 5.74) is 2.47. The Balaban J connectivity index is 1.48. The summed E-state index contributed by atoms with van der Waals surface area (Å²) < 4.78 is 5.75. The van der Waals surface area contributed by atoms with Gasteiger partial charge in [-0.3, -0.25) is 0 Å². The molecular formula is C16H17N3O. The van der Waals surface area contributed by atoms with Gasteiger partial charge in [0.2, 0.25) is 0 Å².